The Morgan fingerprint density at radius 2 is 2.15 bits per heavy atom. The molecule has 5 heteroatoms. The van der Waals surface area contributed by atoms with Crippen molar-refractivity contribution in [2.24, 2.45) is 0 Å². The molecule has 2 aliphatic heterocycles. The fourth-order valence-electron chi connectivity index (χ4n) is 2.74. The van der Waals surface area contributed by atoms with Crippen molar-refractivity contribution in [2.45, 2.75) is 25.4 Å². The van der Waals surface area contributed by atoms with E-state index in [9.17, 15) is 0 Å². The van der Waals surface area contributed by atoms with Gasteiger partial charge in [0.25, 0.3) is 0 Å². The molecular weight excluding hydrogens is 272 g/mol. The van der Waals surface area contributed by atoms with Crippen LogP contribution in [0.2, 0.25) is 0 Å². The lowest BCUT2D eigenvalue weighted by atomic mass is 9.90. The van der Waals surface area contributed by atoms with Gasteiger partial charge in [-0.1, -0.05) is 31.3 Å². The van der Waals surface area contributed by atoms with E-state index in [1.54, 1.807) is 0 Å². The average molecular weight is 288 g/mol. The Morgan fingerprint density at radius 1 is 1.35 bits per heavy atom. The van der Waals surface area contributed by atoms with E-state index in [4.69, 9.17) is 15.2 Å². The molecule has 0 saturated carbocycles. The first-order chi connectivity index (χ1) is 9.59. The molecule has 0 atom stereocenters. The number of nitrogen functional groups attached to an aromatic ring is 1. The number of nitrogens with zero attached hydrogens (tertiary/aromatic N) is 1. The van der Waals surface area contributed by atoms with Gasteiger partial charge in [0.1, 0.15) is 5.75 Å². The summed E-state index contributed by atoms with van der Waals surface area (Å²) in [6, 6.07) is 6.36. The van der Waals surface area contributed by atoms with E-state index in [0.29, 0.717) is 24.3 Å². The second-order valence-corrected chi connectivity index (χ2v) is 6.76. The highest BCUT2D eigenvalue weighted by Crippen LogP contribution is 2.51. The van der Waals surface area contributed by atoms with Crippen LogP contribution in [0.3, 0.4) is 0 Å². The lowest BCUT2D eigenvalue weighted by Crippen LogP contribution is -2.52. The molecule has 1 spiro atoms. The van der Waals surface area contributed by atoms with Crippen LogP contribution in [-0.2, 0) is 10.3 Å². The maximum atomic E-state index is 6.28. The van der Waals surface area contributed by atoms with Crippen molar-refractivity contribution in [3.63, 3.8) is 0 Å². The molecule has 0 amide bonds. The average Bonchev–Trinajstić information content (AvgIpc) is 2.76. The number of benzene rings is 1. The van der Waals surface area contributed by atoms with E-state index >= 15 is 0 Å². The number of nitrogens with two attached hydrogens (primary N) is 1. The van der Waals surface area contributed by atoms with Crippen molar-refractivity contribution in [2.75, 3.05) is 18.9 Å². The van der Waals surface area contributed by atoms with Crippen LogP contribution in [0.1, 0.15) is 30.2 Å². The fraction of sp³-hybridized carbons (Fsp3) is 0.400. The van der Waals surface area contributed by atoms with Crippen molar-refractivity contribution in [3.8, 4) is 17.0 Å². The number of thiazole rings is 1. The molecular formula is C15H16N2O2S. The predicted octanol–water partition coefficient (Wildman–Crippen LogP) is 3.13. The highest BCUT2D eigenvalue weighted by atomic mass is 32.1. The van der Waals surface area contributed by atoms with Crippen molar-refractivity contribution >= 4 is 16.5 Å². The number of ether oxygens (including phenoxy) is 2. The van der Waals surface area contributed by atoms with Gasteiger partial charge < -0.3 is 15.2 Å². The molecule has 3 heterocycles. The molecule has 1 saturated heterocycles. The first kappa shape index (κ1) is 12.2. The molecule has 1 aromatic carbocycles. The summed E-state index contributed by atoms with van der Waals surface area (Å²) in [5.41, 5.74) is 8.81. The first-order valence-electron chi connectivity index (χ1n) is 6.77. The lowest BCUT2D eigenvalue weighted by Gasteiger charge is -2.43. The maximum absolute atomic E-state index is 6.28. The number of hydrogen-bond donors (Lipinski definition) is 1. The second kappa shape index (κ2) is 3.96. The molecule has 2 aromatic rings. The Hall–Kier alpha value is -1.59. The van der Waals surface area contributed by atoms with E-state index < -0.39 is 0 Å². The normalized spacial score (nSPS) is 18.4. The summed E-state index contributed by atoms with van der Waals surface area (Å²) in [6.07, 6.45) is 0. The van der Waals surface area contributed by atoms with E-state index in [-0.39, 0.29) is 5.60 Å². The third kappa shape index (κ3) is 1.53. The largest absolute Gasteiger partial charge is 0.476 e. The Bertz CT molecular complexity index is 689. The van der Waals surface area contributed by atoms with Crippen molar-refractivity contribution in [3.05, 3.63) is 28.6 Å². The number of rotatable bonds is 1. The summed E-state index contributed by atoms with van der Waals surface area (Å²) in [7, 11) is 0. The molecule has 4 rings (SSSR count). The van der Waals surface area contributed by atoms with Gasteiger partial charge in [-0.05, 0) is 23.6 Å². The summed E-state index contributed by atoms with van der Waals surface area (Å²) in [5.74, 6) is 1.37. The van der Waals surface area contributed by atoms with Gasteiger partial charge in [0.05, 0.1) is 23.8 Å². The van der Waals surface area contributed by atoms with Gasteiger partial charge in [0.2, 0.25) is 0 Å². The molecule has 2 N–H and O–H groups in total. The summed E-state index contributed by atoms with van der Waals surface area (Å²) >= 11 is 1.51. The van der Waals surface area contributed by atoms with Crippen molar-refractivity contribution < 1.29 is 9.47 Å². The SMILES string of the molecule is CC(C)c1ccc2c(c1)OC1(COC1)c1sc(N)nc1-2. The van der Waals surface area contributed by atoms with Crippen LogP contribution >= 0.6 is 11.3 Å². The van der Waals surface area contributed by atoms with Gasteiger partial charge in [0, 0.05) is 5.56 Å². The standard InChI is InChI=1S/C15H16N2O2S/c1-8(2)9-3-4-10-11(5-9)19-15(6-18-7-15)13-12(10)17-14(16)20-13/h3-5,8H,6-7H2,1-2H3,(H2,16,17). The molecule has 104 valence electrons. The minimum atomic E-state index is -0.368. The summed E-state index contributed by atoms with van der Waals surface area (Å²) < 4.78 is 11.7. The number of fused-ring (bicyclic) bond motifs is 4. The zero-order chi connectivity index (χ0) is 13.9. The number of aromatic nitrogens is 1. The quantitative estimate of drug-likeness (QED) is 0.876. The Balaban J connectivity index is 1.92. The van der Waals surface area contributed by atoms with E-state index in [1.165, 1.54) is 16.9 Å². The van der Waals surface area contributed by atoms with Crippen LogP contribution < -0.4 is 10.5 Å². The molecule has 1 aromatic heterocycles. The van der Waals surface area contributed by atoms with Crippen molar-refractivity contribution in [1.82, 2.24) is 4.98 Å². The minimum absolute atomic E-state index is 0.368. The molecule has 0 unspecified atom stereocenters. The lowest BCUT2D eigenvalue weighted by molar-refractivity contribution is -0.167. The zero-order valence-electron chi connectivity index (χ0n) is 11.5. The molecule has 0 bridgehead atoms. The Labute approximate surface area is 121 Å². The van der Waals surface area contributed by atoms with E-state index in [1.807, 2.05) is 0 Å². The topological polar surface area (TPSA) is 57.4 Å². The second-order valence-electron chi connectivity index (χ2n) is 5.73. The highest BCUT2D eigenvalue weighted by molar-refractivity contribution is 7.16. The molecule has 1 fully saturated rings. The van der Waals surface area contributed by atoms with Gasteiger partial charge in [-0.25, -0.2) is 4.98 Å². The monoisotopic (exact) mass is 288 g/mol. The fourth-order valence-corrected chi connectivity index (χ4v) is 3.68. The first-order valence-corrected chi connectivity index (χ1v) is 7.58. The van der Waals surface area contributed by atoms with Crippen LogP contribution in [0.4, 0.5) is 5.13 Å². The molecule has 0 aliphatic carbocycles. The van der Waals surface area contributed by atoms with Gasteiger partial charge in [0.15, 0.2) is 10.7 Å². The third-order valence-electron chi connectivity index (χ3n) is 3.96. The summed E-state index contributed by atoms with van der Waals surface area (Å²) in [4.78, 5) is 5.61. The molecule has 4 nitrogen and oxygen atoms in total. The zero-order valence-corrected chi connectivity index (χ0v) is 12.3. The van der Waals surface area contributed by atoms with Crippen LogP contribution in [0.5, 0.6) is 5.75 Å². The van der Waals surface area contributed by atoms with E-state index in [0.717, 1.165) is 21.9 Å². The van der Waals surface area contributed by atoms with Crippen LogP contribution in [0.15, 0.2) is 18.2 Å². The highest BCUT2D eigenvalue weighted by Gasteiger charge is 2.50. The number of anilines is 1. The Kier molecular flexibility index (Phi) is 2.41. The van der Waals surface area contributed by atoms with E-state index in [2.05, 4.69) is 37.0 Å². The molecule has 20 heavy (non-hydrogen) atoms. The van der Waals surface area contributed by atoms with Crippen LogP contribution in [0.25, 0.3) is 11.3 Å². The molecule has 0 radical (unpaired) electrons. The van der Waals surface area contributed by atoms with Gasteiger partial charge in [-0.2, -0.15) is 0 Å². The Morgan fingerprint density at radius 3 is 2.80 bits per heavy atom. The summed E-state index contributed by atoms with van der Waals surface area (Å²) in [5, 5.41) is 0.589. The predicted molar refractivity (Wildman–Crippen MR) is 79.2 cm³/mol. The summed E-state index contributed by atoms with van der Waals surface area (Å²) in [6.45, 7) is 5.51. The third-order valence-corrected chi connectivity index (χ3v) is 5.03. The number of hydrogen-bond acceptors (Lipinski definition) is 5. The van der Waals surface area contributed by atoms with Gasteiger partial charge >= 0.3 is 0 Å². The van der Waals surface area contributed by atoms with Gasteiger partial charge in [-0.3, -0.25) is 0 Å². The van der Waals surface area contributed by atoms with Gasteiger partial charge in [-0.15, -0.1) is 0 Å². The smallest absolute Gasteiger partial charge is 0.191 e. The maximum Gasteiger partial charge on any atom is 0.191 e. The molecule has 2 aliphatic rings. The van der Waals surface area contributed by atoms with Crippen LogP contribution in [0, 0.1) is 0 Å². The minimum Gasteiger partial charge on any atom is -0.476 e. The van der Waals surface area contributed by atoms with Crippen LogP contribution in [-0.4, -0.2) is 18.2 Å². The van der Waals surface area contributed by atoms with Crippen molar-refractivity contribution in [1.29, 1.82) is 0 Å².